The monoisotopic (exact) mass is 1040 g/mol. The van der Waals surface area contributed by atoms with E-state index in [1.807, 2.05) is 23.1 Å². The molecule has 1 nitrogen and oxygen atoms in total. The van der Waals surface area contributed by atoms with E-state index in [2.05, 4.69) is 266 Å². The van der Waals surface area contributed by atoms with E-state index in [4.69, 9.17) is 0 Å². The van der Waals surface area contributed by atoms with Crippen LogP contribution >= 0.6 is 23.1 Å². The van der Waals surface area contributed by atoms with E-state index in [1.165, 1.54) is 146 Å². The summed E-state index contributed by atoms with van der Waals surface area (Å²) in [5, 5.41) is 2.56. The molecule has 2 heterocycles. The zero-order valence-electron chi connectivity index (χ0n) is 43.5. The molecule has 11 aromatic rings. The minimum atomic E-state index is -0.494. The second-order valence-corrected chi connectivity index (χ2v) is 23.8. The average Bonchev–Trinajstić information content (AvgIpc) is 4.21. The van der Waals surface area contributed by atoms with Gasteiger partial charge in [0.1, 0.15) is 0 Å². The van der Waals surface area contributed by atoms with E-state index < -0.39 is 5.41 Å². The number of thiophene rings is 1. The van der Waals surface area contributed by atoms with Gasteiger partial charge in [-0.3, -0.25) is 0 Å². The van der Waals surface area contributed by atoms with E-state index in [-0.39, 0.29) is 0 Å². The summed E-state index contributed by atoms with van der Waals surface area (Å²) in [5.41, 5.74) is 21.2. The first kappa shape index (κ1) is 47.0. The molecule has 1 aliphatic heterocycles. The van der Waals surface area contributed by atoms with Crippen LogP contribution in [0.4, 0.5) is 17.1 Å². The fourth-order valence-corrected chi connectivity index (χ4v) is 15.9. The van der Waals surface area contributed by atoms with Gasteiger partial charge in [0, 0.05) is 42.6 Å². The largest absolute Gasteiger partial charge is 0.309 e. The predicted molar refractivity (Wildman–Crippen MR) is 331 cm³/mol. The van der Waals surface area contributed by atoms with Crippen molar-refractivity contribution in [3.63, 3.8) is 0 Å². The van der Waals surface area contributed by atoms with Gasteiger partial charge in [-0.1, -0.05) is 225 Å². The number of allylic oxidation sites excluding steroid dienone is 5. The molecule has 10 aromatic carbocycles. The zero-order chi connectivity index (χ0) is 51.6. The minimum Gasteiger partial charge on any atom is -0.309 e. The van der Waals surface area contributed by atoms with Gasteiger partial charge in [0.25, 0.3) is 0 Å². The number of rotatable bonds is 9. The zero-order valence-corrected chi connectivity index (χ0v) is 45.1. The Bertz CT molecular complexity index is 4130. The first-order valence-corrected chi connectivity index (χ1v) is 29.6. The Morgan fingerprint density at radius 2 is 1.19 bits per heavy atom. The molecule has 0 amide bonds. The Hall–Kier alpha value is -8.21. The number of anilines is 3. The van der Waals surface area contributed by atoms with Gasteiger partial charge in [-0.2, -0.15) is 0 Å². The molecule has 15 rings (SSSR count). The van der Waals surface area contributed by atoms with Gasteiger partial charge in [0.15, 0.2) is 0 Å². The molecule has 0 bridgehead atoms. The SMILES string of the molecule is C1=CC(c2ccccc2)CC=C1/C=C(\c1ccc(C2CCCCC2)cc1)c1ccc2sc3c(N(c4ccccc4)c4ccc5c(c4)-c4ccc(-c6ccccc6)cc4C54c5ccccc5Sc5ccccc54)cccc3c2c1. The summed E-state index contributed by atoms with van der Waals surface area (Å²) in [7, 11) is 0. The molecule has 1 fully saturated rings. The standard InChI is InChI=1S/C75H57NS2/c1-5-18-51(19-6-1)54-34-32-50(33-35-54)46-63(56-38-36-55(37-39-56)52-20-7-2-8-21-52)58-41-45-71-65(47-58)62-26-17-29-70(74(62)78-71)76(59-24-11-4-12-25-59)60-42-44-66-64(49-60)61-43-40-57(53-22-9-3-10-23-53)48-69(61)75(66)67-27-13-15-30-72(67)77-73-31-16-14-28-68(73)75/h1,3-6,9-19,22-34,36-49,52,54H,2,7-8,20-21,35H2/b63-46+. The maximum Gasteiger partial charge on any atom is 0.0735 e. The number of para-hydroxylation sites is 1. The molecule has 0 saturated heterocycles. The molecule has 3 heteroatoms. The lowest BCUT2D eigenvalue weighted by molar-refractivity contribution is 0.443. The molecule has 1 atom stereocenters. The third-order valence-corrected chi connectivity index (χ3v) is 19.7. The highest BCUT2D eigenvalue weighted by Crippen LogP contribution is 2.63. The van der Waals surface area contributed by atoms with Gasteiger partial charge in [0.2, 0.25) is 0 Å². The highest BCUT2D eigenvalue weighted by atomic mass is 32.2. The second-order valence-electron chi connectivity index (χ2n) is 21.7. The second kappa shape index (κ2) is 19.7. The minimum absolute atomic E-state index is 0.392. The molecule has 4 aliphatic rings. The third-order valence-electron chi connectivity index (χ3n) is 17.3. The maximum atomic E-state index is 2.50. The number of nitrogens with zero attached hydrogens (tertiary/aromatic N) is 1. The molecular formula is C75H57NS2. The van der Waals surface area contributed by atoms with Crippen LogP contribution in [0.25, 0.3) is 48.0 Å². The van der Waals surface area contributed by atoms with Crippen LogP contribution in [0.15, 0.2) is 276 Å². The summed E-state index contributed by atoms with van der Waals surface area (Å²) in [6.07, 6.45) is 17.2. The van der Waals surface area contributed by atoms with E-state index >= 15 is 0 Å². The van der Waals surface area contributed by atoms with Crippen LogP contribution in [0.3, 0.4) is 0 Å². The van der Waals surface area contributed by atoms with Crippen LogP contribution in [-0.4, -0.2) is 0 Å². The van der Waals surface area contributed by atoms with E-state index in [0.29, 0.717) is 11.8 Å². The Kier molecular flexibility index (Phi) is 11.9. The van der Waals surface area contributed by atoms with E-state index in [0.717, 1.165) is 17.8 Å². The summed E-state index contributed by atoms with van der Waals surface area (Å²) in [4.78, 5) is 5.12. The smallest absolute Gasteiger partial charge is 0.0735 e. The highest BCUT2D eigenvalue weighted by Gasteiger charge is 2.50. The molecule has 1 aromatic heterocycles. The number of benzene rings is 10. The quantitative estimate of drug-likeness (QED) is 0.142. The molecular weight excluding hydrogens is 979 g/mol. The van der Waals surface area contributed by atoms with Crippen LogP contribution in [0.1, 0.15) is 94.9 Å². The van der Waals surface area contributed by atoms with Gasteiger partial charge >= 0.3 is 0 Å². The normalized spacial score (nSPS) is 16.4. The Labute approximate surface area is 466 Å². The number of fused-ring (bicyclic) bond motifs is 12. The lowest BCUT2D eigenvalue weighted by Gasteiger charge is -2.40. The van der Waals surface area contributed by atoms with Crippen molar-refractivity contribution in [1.82, 2.24) is 0 Å². The van der Waals surface area contributed by atoms with E-state index in [9.17, 15) is 0 Å². The third kappa shape index (κ3) is 7.97. The van der Waals surface area contributed by atoms with Crippen LogP contribution < -0.4 is 4.90 Å². The predicted octanol–water partition coefficient (Wildman–Crippen LogP) is 21.2. The fourth-order valence-electron chi connectivity index (χ4n) is 13.5. The highest BCUT2D eigenvalue weighted by molar-refractivity contribution is 7.99. The summed E-state index contributed by atoms with van der Waals surface area (Å²) >= 11 is 3.80. The van der Waals surface area contributed by atoms with Crippen molar-refractivity contribution in [3.05, 3.63) is 311 Å². The van der Waals surface area contributed by atoms with Crippen molar-refractivity contribution < 1.29 is 0 Å². The lowest BCUT2D eigenvalue weighted by Crippen LogP contribution is -2.32. The summed E-state index contributed by atoms with van der Waals surface area (Å²) in [6, 6.07) is 89.4. The van der Waals surface area contributed by atoms with Gasteiger partial charge in [0.05, 0.1) is 15.8 Å². The van der Waals surface area contributed by atoms with Crippen molar-refractivity contribution in [1.29, 1.82) is 0 Å². The van der Waals surface area contributed by atoms with Crippen molar-refractivity contribution in [2.24, 2.45) is 0 Å². The number of hydrogen-bond acceptors (Lipinski definition) is 3. The van der Waals surface area contributed by atoms with Gasteiger partial charge in [-0.05, 0) is 170 Å². The molecule has 1 saturated carbocycles. The van der Waals surface area contributed by atoms with Gasteiger partial charge in [-0.25, -0.2) is 0 Å². The van der Waals surface area contributed by atoms with Crippen LogP contribution in [-0.2, 0) is 5.41 Å². The van der Waals surface area contributed by atoms with Gasteiger partial charge < -0.3 is 4.90 Å². The van der Waals surface area contributed by atoms with Gasteiger partial charge in [-0.15, -0.1) is 11.3 Å². The first-order chi connectivity index (χ1) is 38.7. The van der Waals surface area contributed by atoms with Crippen molar-refractivity contribution in [3.8, 4) is 22.3 Å². The molecule has 0 N–H and O–H groups in total. The maximum absolute atomic E-state index is 2.50. The summed E-state index contributed by atoms with van der Waals surface area (Å²) < 4.78 is 2.56. The number of hydrogen-bond donors (Lipinski definition) is 0. The van der Waals surface area contributed by atoms with Crippen LogP contribution in [0, 0.1) is 0 Å². The summed E-state index contributed by atoms with van der Waals surface area (Å²) in [6.45, 7) is 0. The molecule has 1 spiro atoms. The Morgan fingerprint density at radius 1 is 0.487 bits per heavy atom. The van der Waals surface area contributed by atoms with Crippen molar-refractivity contribution >= 4 is 65.9 Å². The Morgan fingerprint density at radius 3 is 1.94 bits per heavy atom. The summed E-state index contributed by atoms with van der Waals surface area (Å²) in [5.74, 6) is 1.06. The van der Waals surface area contributed by atoms with Crippen molar-refractivity contribution in [2.45, 2.75) is 65.6 Å². The molecule has 3 aliphatic carbocycles. The lowest BCUT2D eigenvalue weighted by atomic mass is 9.67. The van der Waals surface area contributed by atoms with Crippen LogP contribution in [0.5, 0.6) is 0 Å². The average molecular weight is 1040 g/mol. The molecule has 0 radical (unpaired) electrons. The van der Waals surface area contributed by atoms with Crippen LogP contribution in [0.2, 0.25) is 0 Å². The topological polar surface area (TPSA) is 3.24 Å². The first-order valence-electron chi connectivity index (χ1n) is 27.9. The molecule has 374 valence electrons. The molecule has 78 heavy (non-hydrogen) atoms. The Balaban J connectivity index is 0.873. The fraction of sp³-hybridized carbons (Fsp3) is 0.120. The molecule has 1 unspecified atom stereocenters. The van der Waals surface area contributed by atoms with Crippen molar-refractivity contribution in [2.75, 3.05) is 4.90 Å². The van der Waals surface area contributed by atoms with E-state index in [1.54, 1.807) is 0 Å².